The molecule has 0 aromatic heterocycles. The highest BCUT2D eigenvalue weighted by atomic mass is 16.5. The summed E-state index contributed by atoms with van der Waals surface area (Å²) in [6.07, 6.45) is 2.75. The monoisotopic (exact) mass is 417 g/mol. The van der Waals surface area contributed by atoms with E-state index in [0.717, 1.165) is 24.1 Å². The number of nitrogens with one attached hydrogen (secondary N) is 1. The summed E-state index contributed by atoms with van der Waals surface area (Å²) in [7, 11) is 1.59. The van der Waals surface area contributed by atoms with Gasteiger partial charge >= 0.3 is 0 Å². The van der Waals surface area contributed by atoms with Gasteiger partial charge in [-0.05, 0) is 99.2 Å². The van der Waals surface area contributed by atoms with Crippen LogP contribution < -0.4 is 15.0 Å². The summed E-state index contributed by atoms with van der Waals surface area (Å²) in [5.74, 6) is 0.686. The van der Waals surface area contributed by atoms with Crippen molar-refractivity contribution in [2.75, 3.05) is 23.9 Å². The molecule has 1 N–H and O–H groups in total. The van der Waals surface area contributed by atoms with Crippen molar-refractivity contribution >= 4 is 23.4 Å². The molecule has 0 spiro atoms. The Labute approximate surface area is 185 Å². The highest BCUT2D eigenvalue weighted by Gasteiger charge is 2.35. The van der Waals surface area contributed by atoms with Crippen molar-refractivity contribution in [3.05, 3.63) is 58.7 Å². The Balaban J connectivity index is 1.93. The second-order valence-electron chi connectivity index (χ2n) is 8.78. The van der Waals surface area contributed by atoms with Gasteiger partial charge in [-0.1, -0.05) is 6.92 Å². The molecule has 1 aliphatic heterocycles. The van der Waals surface area contributed by atoms with Crippen molar-refractivity contribution in [2.45, 2.75) is 52.5 Å². The molecule has 0 radical (unpaired) electrons. The number of hydrogen-bond donors (Lipinski definition) is 1. The van der Waals surface area contributed by atoms with Crippen LogP contribution in [-0.2, 0) is 4.79 Å². The van der Waals surface area contributed by atoms with Crippen LogP contribution in [0.1, 0.15) is 56.7 Å². The highest BCUT2D eigenvalue weighted by Crippen LogP contribution is 2.44. The number of fused-ring (bicyclic) bond motifs is 1. The maximum Gasteiger partial charge on any atom is 0.266 e. The van der Waals surface area contributed by atoms with Crippen molar-refractivity contribution in [1.82, 2.24) is 0 Å². The number of anilines is 2. The zero-order valence-corrected chi connectivity index (χ0v) is 19.2. The van der Waals surface area contributed by atoms with E-state index in [4.69, 9.17) is 4.74 Å². The number of methoxy groups -OCH3 is 1. The lowest BCUT2D eigenvalue weighted by Crippen LogP contribution is -2.48. The number of ether oxygens (including phenoxy) is 1. The number of nitrogens with zero attached hydrogens (tertiary/aromatic N) is 2. The molecule has 1 aliphatic rings. The summed E-state index contributed by atoms with van der Waals surface area (Å²) in [6.45, 7) is 12.0. The van der Waals surface area contributed by atoms with Crippen LogP contribution in [0.4, 0.5) is 11.4 Å². The van der Waals surface area contributed by atoms with Gasteiger partial charge in [-0.2, -0.15) is 5.26 Å². The minimum atomic E-state index is -0.422. The lowest BCUT2D eigenvalue weighted by atomic mass is 9.79. The average Bonchev–Trinajstić information content (AvgIpc) is 2.72. The van der Waals surface area contributed by atoms with Gasteiger partial charge in [-0.15, -0.1) is 0 Å². The van der Waals surface area contributed by atoms with Gasteiger partial charge in [0.15, 0.2) is 0 Å². The Hall–Kier alpha value is -3.26. The fraction of sp³-hybridized carbons (Fsp3) is 0.385. The molecule has 31 heavy (non-hydrogen) atoms. The third-order valence-corrected chi connectivity index (χ3v) is 6.10. The van der Waals surface area contributed by atoms with Gasteiger partial charge in [0.05, 0.1) is 7.11 Å². The maximum atomic E-state index is 12.7. The molecule has 1 heterocycles. The van der Waals surface area contributed by atoms with E-state index in [1.54, 1.807) is 37.5 Å². The van der Waals surface area contributed by atoms with Crippen molar-refractivity contribution in [1.29, 1.82) is 5.26 Å². The van der Waals surface area contributed by atoms with Crippen LogP contribution in [0, 0.1) is 18.3 Å². The molecule has 1 unspecified atom stereocenters. The van der Waals surface area contributed by atoms with E-state index in [2.05, 4.69) is 56.1 Å². The second kappa shape index (κ2) is 8.85. The number of aryl methyl sites for hydroxylation is 1. The van der Waals surface area contributed by atoms with Crippen molar-refractivity contribution < 1.29 is 9.53 Å². The van der Waals surface area contributed by atoms with E-state index in [1.165, 1.54) is 11.3 Å². The minimum absolute atomic E-state index is 0.0787. The van der Waals surface area contributed by atoms with Crippen LogP contribution in [0.5, 0.6) is 5.75 Å². The van der Waals surface area contributed by atoms with Crippen LogP contribution in [0.15, 0.2) is 42.0 Å². The van der Waals surface area contributed by atoms with Crippen LogP contribution in [0.2, 0.25) is 0 Å². The molecule has 5 heteroatoms. The van der Waals surface area contributed by atoms with E-state index in [0.29, 0.717) is 17.4 Å². The van der Waals surface area contributed by atoms with Gasteiger partial charge in [0.1, 0.15) is 17.4 Å². The average molecular weight is 418 g/mol. The van der Waals surface area contributed by atoms with E-state index in [9.17, 15) is 10.1 Å². The molecule has 0 saturated carbocycles. The first-order valence-corrected chi connectivity index (χ1v) is 10.7. The van der Waals surface area contributed by atoms with Crippen LogP contribution in [0.3, 0.4) is 0 Å². The fourth-order valence-corrected chi connectivity index (χ4v) is 4.58. The lowest BCUT2D eigenvalue weighted by molar-refractivity contribution is -0.112. The molecule has 2 aromatic rings. The van der Waals surface area contributed by atoms with Crippen molar-refractivity contribution in [3.63, 3.8) is 0 Å². The molecular weight excluding hydrogens is 386 g/mol. The van der Waals surface area contributed by atoms with E-state index in [-0.39, 0.29) is 11.1 Å². The Morgan fingerprint density at radius 3 is 2.58 bits per heavy atom. The van der Waals surface area contributed by atoms with Crippen LogP contribution in [0.25, 0.3) is 6.08 Å². The van der Waals surface area contributed by atoms with Crippen molar-refractivity contribution in [3.8, 4) is 11.8 Å². The first-order valence-electron chi connectivity index (χ1n) is 10.7. The standard InChI is InChI=1S/C26H31N3O2/c1-7-29-24-12-17(2)19(14-23(24)18(3)15-26(29,4)5)13-20(16-27)25(30)28-21-8-10-22(31-6)11-9-21/h8-14,18H,7,15H2,1-6H3,(H,28,30)/b20-13+. The fourth-order valence-electron chi connectivity index (χ4n) is 4.58. The Kier molecular flexibility index (Phi) is 6.40. The molecule has 5 nitrogen and oxygen atoms in total. The summed E-state index contributed by atoms with van der Waals surface area (Å²) in [4.78, 5) is 15.2. The quantitative estimate of drug-likeness (QED) is 0.503. The molecular formula is C26H31N3O2. The zero-order valence-electron chi connectivity index (χ0n) is 19.2. The summed E-state index contributed by atoms with van der Waals surface area (Å²) in [6, 6.07) is 13.4. The summed E-state index contributed by atoms with van der Waals surface area (Å²) in [5, 5.41) is 12.4. The lowest BCUT2D eigenvalue weighted by Gasteiger charge is -2.47. The predicted molar refractivity (Wildman–Crippen MR) is 127 cm³/mol. The molecule has 2 aromatic carbocycles. The van der Waals surface area contributed by atoms with E-state index < -0.39 is 5.91 Å². The number of nitriles is 1. The molecule has 3 rings (SSSR count). The smallest absolute Gasteiger partial charge is 0.266 e. The van der Waals surface area contributed by atoms with Crippen LogP contribution >= 0.6 is 0 Å². The molecule has 0 fully saturated rings. The summed E-state index contributed by atoms with van der Waals surface area (Å²) >= 11 is 0. The molecule has 0 aliphatic carbocycles. The molecule has 162 valence electrons. The topological polar surface area (TPSA) is 65.4 Å². The number of carbonyl (C=O) groups is 1. The maximum absolute atomic E-state index is 12.7. The van der Waals surface area contributed by atoms with Crippen LogP contribution in [-0.4, -0.2) is 25.1 Å². The first kappa shape index (κ1) is 22.4. The SMILES string of the molecule is CCN1c2cc(C)c(/C=C(\C#N)C(=O)Nc3ccc(OC)cc3)cc2C(C)CC1(C)C. The second-order valence-corrected chi connectivity index (χ2v) is 8.78. The third-order valence-electron chi connectivity index (χ3n) is 6.10. The number of amides is 1. The predicted octanol–water partition coefficient (Wildman–Crippen LogP) is 5.66. The van der Waals surface area contributed by atoms with Gasteiger partial charge in [0.2, 0.25) is 0 Å². The third kappa shape index (κ3) is 4.59. The van der Waals surface area contributed by atoms with Crippen molar-refractivity contribution in [2.24, 2.45) is 0 Å². The molecule has 1 atom stereocenters. The van der Waals surface area contributed by atoms with Gasteiger partial charge < -0.3 is 15.0 Å². The first-order chi connectivity index (χ1) is 14.7. The summed E-state index contributed by atoms with van der Waals surface area (Å²) < 4.78 is 5.14. The number of carbonyl (C=O) groups excluding carboxylic acids is 1. The van der Waals surface area contributed by atoms with Gasteiger partial charge in [-0.25, -0.2) is 0 Å². The molecule has 1 amide bonds. The Bertz CT molecular complexity index is 1050. The zero-order chi connectivity index (χ0) is 22.8. The number of rotatable bonds is 5. The largest absolute Gasteiger partial charge is 0.497 e. The minimum Gasteiger partial charge on any atom is -0.497 e. The Morgan fingerprint density at radius 2 is 2.00 bits per heavy atom. The van der Waals surface area contributed by atoms with Gasteiger partial charge in [0.25, 0.3) is 5.91 Å². The normalized spacial score (nSPS) is 17.5. The van der Waals surface area contributed by atoms with Gasteiger partial charge in [-0.3, -0.25) is 4.79 Å². The van der Waals surface area contributed by atoms with E-state index in [1.807, 2.05) is 6.92 Å². The highest BCUT2D eigenvalue weighted by molar-refractivity contribution is 6.09. The molecule has 0 saturated heterocycles. The number of benzene rings is 2. The van der Waals surface area contributed by atoms with E-state index >= 15 is 0 Å². The summed E-state index contributed by atoms with van der Waals surface area (Å²) in [5.41, 5.74) is 5.27. The number of hydrogen-bond acceptors (Lipinski definition) is 4. The Morgan fingerprint density at radius 1 is 1.32 bits per heavy atom. The molecule has 0 bridgehead atoms. The van der Waals surface area contributed by atoms with Gasteiger partial charge in [0, 0.05) is 23.5 Å².